The first-order valence-electron chi connectivity index (χ1n) is 13.3. The van der Waals surface area contributed by atoms with E-state index in [1.807, 2.05) is 6.07 Å². The lowest BCUT2D eigenvalue weighted by Crippen LogP contribution is -2.39. The van der Waals surface area contributed by atoms with Crippen molar-refractivity contribution >= 4 is 22.4 Å². The van der Waals surface area contributed by atoms with Crippen LogP contribution in [0.3, 0.4) is 0 Å². The molecule has 1 heterocycles. The average Bonchev–Trinajstić information content (AvgIpc) is 2.99. The number of aliphatic hydroxyl groups is 1. The van der Waals surface area contributed by atoms with Crippen LogP contribution in [0.25, 0.3) is 22.2 Å². The van der Waals surface area contributed by atoms with Crippen LogP contribution >= 0.6 is 0 Å². The van der Waals surface area contributed by atoms with E-state index in [9.17, 15) is 24.3 Å². The molecule has 0 aliphatic carbocycles. The Bertz CT molecular complexity index is 1730. The third kappa shape index (κ3) is 6.61. The molecule has 4 rings (SSSR count). The molecule has 9 nitrogen and oxygen atoms in total. The van der Waals surface area contributed by atoms with Crippen molar-refractivity contribution in [1.82, 2.24) is 9.55 Å². The smallest absolute Gasteiger partial charge is 0.303 e. The minimum Gasteiger partial charge on any atom is -0.481 e. The number of fused-ring (bicyclic) bond motifs is 1. The summed E-state index contributed by atoms with van der Waals surface area (Å²) >= 11 is 0. The van der Waals surface area contributed by atoms with Crippen LogP contribution in [0.15, 0.2) is 78.1 Å². The molecule has 0 aliphatic rings. The maximum absolute atomic E-state index is 13.7. The molecule has 4 aromatic rings. The molecular formula is C32H31FN4O5. The first-order valence-corrected chi connectivity index (χ1v) is 13.3. The summed E-state index contributed by atoms with van der Waals surface area (Å²) in [4.78, 5) is 34.6. The highest BCUT2D eigenvalue weighted by Crippen LogP contribution is 2.36. The highest BCUT2D eigenvalue weighted by molar-refractivity contribution is 5.83. The number of nitrogens with two attached hydrogens (primary N) is 1. The van der Waals surface area contributed by atoms with Crippen LogP contribution in [0.2, 0.25) is 0 Å². The van der Waals surface area contributed by atoms with E-state index in [4.69, 9.17) is 20.8 Å². The fourth-order valence-electron chi connectivity index (χ4n) is 4.89. The molecule has 0 amide bonds. The van der Waals surface area contributed by atoms with E-state index in [2.05, 4.69) is 6.58 Å². The zero-order chi connectivity index (χ0) is 30.4. The van der Waals surface area contributed by atoms with Crippen LogP contribution in [0.1, 0.15) is 61.2 Å². The van der Waals surface area contributed by atoms with E-state index in [0.717, 1.165) is 0 Å². The van der Waals surface area contributed by atoms with Gasteiger partial charge in [-0.25, -0.2) is 15.3 Å². The van der Waals surface area contributed by atoms with Gasteiger partial charge in [-0.2, -0.15) is 5.26 Å². The standard InChI is InChI=1S/C32H31FN4O5/c1-20(18-32(2,42-35)30(40)23-7-5-6-21(16-23)19-34)22-10-15-26-27(17-22)36-28(8-3-4-9-29(38)39)37(31(26)41)25-13-11-24(33)12-14-25/h5-7,10-17,30,40H,1,3-4,8-9,18,35H2,2H3,(H,38,39)/t30-,32?/m0/s1. The number of nitrogens with zero attached hydrogens (tertiary/aromatic N) is 3. The van der Waals surface area contributed by atoms with Crippen LogP contribution in [-0.2, 0) is 16.1 Å². The molecule has 1 aromatic heterocycles. The number of unbranched alkanes of at least 4 members (excludes halogenated alkanes) is 1. The molecule has 216 valence electrons. The van der Waals surface area contributed by atoms with E-state index < -0.39 is 23.5 Å². The predicted octanol–water partition coefficient (Wildman–Crippen LogP) is 4.98. The van der Waals surface area contributed by atoms with Gasteiger partial charge in [-0.15, -0.1) is 0 Å². The Morgan fingerprint density at radius 3 is 2.60 bits per heavy atom. The number of carbonyl (C=O) groups is 1. The van der Waals surface area contributed by atoms with Gasteiger partial charge < -0.3 is 10.2 Å². The predicted molar refractivity (Wildman–Crippen MR) is 156 cm³/mol. The van der Waals surface area contributed by atoms with E-state index >= 15 is 0 Å². The highest BCUT2D eigenvalue weighted by atomic mass is 19.1. The quantitative estimate of drug-likeness (QED) is 0.159. The summed E-state index contributed by atoms with van der Waals surface area (Å²) < 4.78 is 15.0. The first kappa shape index (κ1) is 30.3. The molecule has 42 heavy (non-hydrogen) atoms. The van der Waals surface area contributed by atoms with Gasteiger partial charge in [0.1, 0.15) is 23.3 Å². The minimum absolute atomic E-state index is 0.00697. The molecule has 2 atom stereocenters. The molecule has 1 unspecified atom stereocenters. The maximum atomic E-state index is 13.7. The van der Waals surface area contributed by atoms with Crippen LogP contribution < -0.4 is 11.5 Å². The Morgan fingerprint density at radius 1 is 1.19 bits per heavy atom. The number of aromatic nitrogens is 2. The van der Waals surface area contributed by atoms with Crippen molar-refractivity contribution in [3.8, 4) is 11.8 Å². The lowest BCUT2D eigenvalue weighted by molar-refractivity contribution is -0.137. The Labute approximate surface area is 241 Å². The van der Waals surface area contributed by atoms with Crippen LogP contribution in [0.5, 0.6) is 0 Å². The van der Waals surface area contributed by atoms with Gasteiger partial charge in [0.25, 0.3) is 5.56 Å². The third-order valence-electron chi connectivity index (χ3n) is 7.22. The van der Waals surface area contributed by atoms with Gasteiger partial charge in [0.05, 0.1) is 28.2 Å². The van der Waals surface area contributed by atoms with Crippen molar-refractivity contribution in [2.75, 3.05) is 0 Å². The maximum Gasteiger partial charge on any atom is 0.303 e. The Kier molecular flexibility index (Phi) is 9.28. The molecular weight excluding hydrogens is 539 g/mol. The normalized spacial score (nSPS) is 13.3. The molecule has 3 aromatic carbocycles. The Balaban J connectivity index is 1.69. The summed E-state index contributed by atoms with van der Waals surface area (Å²) in [6.07, 6.45) is 0.143. The van der Waals surface area contributed by atoms with E-state index in [0.29, 0.717) is 63.9 Å². The van der Waals surface area contributed by atoms with Gasteiger partial charge >= 0.3 is 5.97 Å². The molecule has 0 bridgehead atoms. The van der Waals surface area contributed by atoms with Crippen LogP contribution in [0, 0.1) is 17.1 Å². The van der Waals surface area contributed by atoms with E-state index in [1.54, 1.807) is 49.4 Å². The third-order valence-corrected chi connectivity index (χ3v) is 7.22. The van der Waals surface area contributed by atoms with Crippen molar-refractivity contribution in [3.05, 3.63) is 112 Å². The number of aliphatic carboxylic acids is 1. The number of nitriles is 1. The van der Waals surface area contributed by atoms with Gasteiger partial charge in [0, 0.05) is 19.3 Å². The Hall–Kier alpha value is -4.69. The zero-order valence-corrected chi connectivity index (χ0v) is 23.1. The first-order chi connectivity index (χ1) is 20.1. The van der Waals surface area contributed by atoms with Crippen LogP contribution in [-0.4, -0.2) is 31.3 Å². The number of halogens is 1. The second-order valence-electron chi connectivity index (χ2n) is 10.3. The highest BCUT2D eigenvalue weighted by Gasteiger charge is 2.36. The second-order valence-corrected chi connectivity index (χ2v) is 10.3. The topological polar surface area (TPSA) is 151 Å². The number of rotatable bonds is 12. The Morgan fingerprint density at radius 2 is 1.93 bits per heavy atom. The molecule has 0 saturated carbocycles. The molecule has 0 aliphatic heterocycles. The summed E-state index contributed by atoms with van der Waals surface area (Å²) in [5.41, 5.74) is 1.26. The second kappa shape index (κ2) is 12.9. The number of carboxylic acids is 1. The van der Waals surface area contributed by atoms with E-state index in [-0.39, 0.29) is 18.4 Å². The molecule has 4 N–H and O–H groups in total. The SMILES string of the molecule is C=C(CC(C)(ON)[C@@H](O)c1cccc(C#N)c1)c1ccc2c(=O)n(-c3ccc(F)cc3)c(CCCCC(=O)O)nc2c1. The summed E-state index contributed by atoms with van der Waals surface area (Å²) in [7, 11) is 0. The number of hydrogen-bond acceptors (Lipinski definition) is 7. The van der Waals surface area contributed by atoms with Gasteiger partial charge in [0.2, 0.25) is 0 Å². The van der Waals surface area contributed by atoms with Crippen LogP contribution in [0.4, 0.5) is 4.39 Å². The monoisotopic (exact) mass is 570 g/mol. The van der Waals surface area contributed by atoms with Crippen molar-refractivity contribution in [2.45, 2.75) is 50.7 Å². The van der Waals surface area contributed by atoms with Crippen molar-refractivity contribution in [3.63, 3.8) is 0 Å². The lowest BCUT2D eigenvalue weighted by atomic mass is 9.85. The summed E-state index contributed by atoms with van der Waals surface area (Å²) in [5.74, 6) is 4.71. The van der Waals surface area contributed by atoms with Crippen molar-refractivity contribution < 1.29 is 24.2 Å². The number of aliphatic hydroxyl groups excluding tert-OH is 1. The lowest BCUT2D eigenvalue weighted by Gasteiger charge is -2.33. The fraction of sp³-hybridized carbons (Fsp3) is 0.250. The largest absolute Gasteiger partial charge is 0.481 e. The van der Waals surface area contributed by atoms with E-state index in [1.165, 1.54) is 28.8 Å². The van der Waals surface area contributed by atoms with Crippen molar-refractivity contribution in [1.29, 1.82) is 5.26 Å². The van der Waals surface area contributed by atoms with Gasteiger partial charge in [-0.3, -0.25) is 19.0 Å². The van der Waals surface area contributed by atoms with Crippen molar-refractivity contribution in [2.24, 2.45) is 5.90 Å². The summed E-state index contributed by atoms with van der Waals surface area (Å²) in [5, 5.41) is 29.7. The number of hydrogen-bond donors (Lipinski definition) is 3. The minimum atomic E-state index is -1.30. The van der Waals surface area contributed by atoms with Gasteiger partial charge in [-0.1, -0.05) is 24.8 Å². The number of benzene rings is 3. The van der Waals surface area contributed by atoms with Gasteiger partial charge in [0.15, 0.2) is 0 Å². The summed E-state index contributed by atoms with van der Waals surface area (Å²) in [6, 6.07) is 19.1. The summed E-state index contributed by atoms with van der Waals surface area (Å²) in [6.45, 7) is 5.81. The van der Waals surface area contributed by atoms with Gasteiger partial charge in [-0.05, 0) is 85.0 Å². The number of aryl methyl sites for hydroxylation is 1. The molecule has 10 heteroatoms. The molecule has 0 fully saturated rings. The molecule has 0 saturated heterocycles. The number of carboxylic acid groups (broad SMARTS) is 1. The fourth-order valence-corrected chi connectivity index (χ4v) is 4.89. The molecule has 0 radical (unpaired) electrons. The molecule has 0 spiro atoms. The average molecular weight is 571 g/mol. The zero-order valence-electron chi connectivity index (χ0n) is 23.1.